The Morgan fingerprint density at radius 3 is 2.44 bits per heavy atom. The summed E-state index contributed by atoms with van der Waals surface area (Å²) in [7, 11) is 0. The summed E-state index contributed by atoms with van der Waals surface area (Å²) in [5, 5.41) is 16.3. The summed E-state index contributed by atoms with van der Waals surface area (Å²) in [6, 6.07) is 12.6. The van der Waals surface area contributed by atoms with E-state index in [-0.39, 0.29) is 11.9 Å². The summed E-state index contributed by atoms with van der Waals surface area (Å²) in [4.78, 5) is 23.4. The van der Waals surface area contributed by atoms with Crippen molar-refractivity contribution in [1.29, 1.82) is 5.26 Å². The number of amides is 1. The molecule has 1 aliphatic rings. The van der Waals surface area contributed by atoms with Gasteiger partial charge in [0, 0.05) is 47.1 Å². The van der Waals surface area contributed by atoms with Crippen molar-refractivity contribution in [2.45, 2.75) is 32.7 Å². The van der Waals surface area contributed by atoms with E-state index in [0.717, 1.165) is 37.1 Å². The number of piperidine rings is 1. The largest absolute Gasteiger partial charge is 0.438 e. The molecular weight excluding hydrogens is 499 g/mol. The highest BCUT2D eigenvalue weighted by molar-refractivity contribution is 6.35. The first kappa shape index (κ1) is 25.7. The van der Waals surface area contributed by atoms with Gasteiger partial charge in [-0.2, -0.15) is 10.2 Å². The van der Waals surface area contributed by atoms with Crippen LogP contribution < -0.4 is 15.4 Å². The quantitative estimate of drug-likeness (QED) is 0.415. The zero-order chi connectivity index (χ0) is 25.7. The second-order valence-electron chi connectivity index (χ2n) is 8.77. The van der Waals surface area contributed by atoms with Crippen LogP contribution in [0.15, 0.2) is 42.6 Å². The number of hydrogen-bond acceptors (Lipinski definition) is 7. The predicted octanol–water partition coefficient (Wildman–Crippen LogP) is 5.58. The molecule has 0 aliphatic carbocycles. The highest BCUT2D eigenvalue weighted by atomic mass is 35.5. The number of rotatable bonds is 7. The fourth-order valence-corrected chi connectivity index (χ4v) is 4.72. The first-order valence-electron chi connectivity index (χ1n) is 11.6. The monoisotopic (exact) mass is 524 g/mol. The van der Waals surface area contributed by atoms with Crippen LogP contribution in [0.3, 0.4) is 0 Å². The molecule has 0 bridgehead atoms. The molecule has 8 nitrogen and oxygen atoms in total. The number of halogens is 2. The van der Waals surface area contributed by atoms with E-state index < -0.39 is 0 Å². The minimum atomic E-state index is -0.110. The van der Waals surface area contributed by atoms with E-state index in [4.69, 9.17) is 33.2 Å². The number of likely N-dealkylation sites (tertiary alicyclic amines) is 1. The molecule has 186 valence electrons. The lowest BCUT2D eigenvalue weighted by molar-refractivity contribution is -0.117. The number of carbonyl (C=O) groups is 1. The normalized spacial score (nSPS) is 14.2. The molecule has 0 saturated carbocycles. The van der Waals surface area contributed by atoms with Gasteiger partial charge in [0.25, 0.3) is 0 Å². The molecule has 10 heteroatoms. The lowest BCUT2D eigenvalue weighted by Gasteiger charge is -2.31. The van der Waals surface area contributed by atoms with Crippen molar-refractivity contribution >= 4 is 40.7 Å². The number of hydrogen-bond donors (Lipinski definition) is 2. The van der Waals surface area contributed by atoms with E-state index in [0.29, 0.717) is 45.4 Å². The van der Waals surface area contributed by atoms with Crippen LogP contribution in [0.2, 0.25) is 10.0 Å². The molecular formula is C26H26Cl2N6O2. The summed E-state index contributed by atoms with van der Waals surface area (Å²) in [6.45, 7) is 5.63. The Morgan fingerprint density at radius 2 is 1.81 bits per heavy atom. The Labute approximate surface area is 220 Å². The maximum atomic E-state index is 12.4. The average molecular weight is 525 g/mol. The van der Waals surface area contributed by atoms with Crippen LogP contribution in [0.25, 0.3) is 0 Å². The summed E-state index contributed by atoms with van der Waals surface area (Å²) in [5.74, 6) is 1.50. The molecule has 1 aliphatic heterocycles. The fraction of sp³-hybridized carbons (Fsp3) is 0.308. The van der Waals surface area contributed by atoms with Gasteiger partial charge in [0.15, 0.2) is 0 Å². The van der Waals surface area contributed by atoms with Crippen LogP contribution in [0, 0.1) is 25.2 Å². The summed E-state index contributed by atoms with van der Waals surface area (Å²) in [5.41, 5.74) is 2.92. The number of aromatic nitrogens is 2. The van der Waals surface area contributed by atoms with Gasteiger partial charge >= 0.3 is 0 Å². The molecule has 1 saturated heterocycles. The van der Waals surface area contributed by atoms with Crippen LogP contribution in [0.1, 0.15) is 29.5 Å². The number of benzene rings is 2. The molecule has 4 rings (SSSR count). The molecule has 2 heterocycles. The molecule has 1 fully saturated rings. The number of nitrogens with zero attached hydrogens (tertiary/aromatic N) is 4. The van der Waals surface area contributed by atoms with E-state index in [2.05, 4.69) is 31.6 Å². The highest BCUT2D eigenvalue weighted by Crippen LogP contribution is 2.29. The maximum absolute atomic E-state index is 12.4. The molecule has 2 N–H and O–H groups in total. The lowest BCUT2D eigenvalue weighted by Crippen LogP contribution is -2.42. The SMILES string of the molecule is Cc1cc(C#N)cc(C)c1Oc1ccnc(NC2CCN(CC(=O)Nc3cc(Cl)cc(Cl)c3)CC2)n1. The van der Waals surface area contributed by atoms with Gasteiger partial charge in [0.1, 0.15) is 5.75 Å². The number of carbonyl (C=O) groups excluding carboxylic acids is 1. The van der Waals surface area contributed by atoms with Crippen molar-refractivity contribution in [3.8, 4) is 17.7 Å². The Morgan fingerprint density at radius 1 is 1.14 bits per heavy atom. The molecule has 1 amide bonds. The van der Waals surface area contributed by atoms with Crippen molar-refractivity contribution in [3.05, 3.63) is 69.3 Å². The third-order valence-corrected chi connectivity index (χ3v) is 6.30. The van der Waals surface area contributed by atoms with Crippen molar-refractivity contribution in [2.75, 3.05) is 30.3 Å². The Hall–Kier alpha value is -3.38. The zero-order valence-electron chi connectivity index (χ0n) is 20.0. The average Bonchev–Trinajstić information content (AvgIpc) is 2.82. The molecule has 1 aromatic heterocycles. The minimum absolute atomic E-state index is 0.110. The zero-order valence-corrected chi connectivity index (χ0v) is 21.5. The predicted molar refractivity (Wildman–Crippen MR) is 141 cm³/mol. The van der Waals surface area contributed by atoms with Gasteiger partial charge < -0.3 is 15.4 Å². The second-order valence-corrected chi connectivity index (χ2v) is 9.65. The number of nitriles is 1. The fourth-order valence-electron chi connectivity index (χ4n) is 4.20. The third-order valence-electron chi connectivity index (χ3n) is 5.86. The Balaban J connectivity index is 1.29. The van der Waals surface area contributed by atoms with E-state index in [1.54, 1.807) is 42.6 Å². The summed E-state index contributed by atoms with van der Waals surface area (Å²) < 4.78 is 6.02. The second kappa shape index (κ2) is 11.6. The van der Waals surface area contributed by atoms with E-state index >= 15 is 0 Å². The number of ether oxygens (including phenoxy) is 1. The van der Waals surface area contributed by atoms with Gasteiger partial charge in [-0.05, 0) is 68.1 Å². The van der Waals surface area contributed by atoms with Crippen LogP contribution in [-0.2, 0) is 4.79 Å². The molecule has 0 unspecified atom stereocenters. The molecule has 0 spiro atoms. The van der Waals surface area contributed by atoms with Crippen molar-refractivity contribution < 1.29 is 9.53 Å². The van der Waals surface area contributed by atoms with Gasteiger partial charge in [-0.25, -0.2) is 4.98 Å². The van der Waals surface area contributed by atoms with Gasteiger partial charge in [-0.3, -0.25) is 9.69 Å². The van der Waals surface area contributed by atoms with Gasteiger partial charge in [-0.1, -0.05) is 23.2 Å². The van der Waals surface area contributed by atoms with E-state index in [9.17, 15) is 4.79 Å². The maximum Gasteiger partial charge on any atom is 0.238 e. The van der Waals surface area contributed by atoms with Gasteiger partial charge in [0.2, 0.25) is 17.7 Å². The molecule has 3 aromatic rings. The van der Waals surface area contributed by atoms with Crippen LogP contribution >= 0.6 is 23.2 Å². The van der Waals surface area contributed by atoms with E-state index in [1.165, 1.54) is 0 Å². The smallest absolute Gasteiger partial charge is 0.238 e. The first-order valence-corrected chi connectivity index (χ1v) is 12.3. The number of anilines is 2. The highest BCUT2D eigenvalue weighted by Gasteiger charge is 2.22. The first-order chi connectivity index (χ1) is 17.3. The van der Waals surface area contributed by atoms with Gasteiger partial charge in [0.05, 0.1) is 18.2 Å². The van der Waals surface area contributed by atoms with Gasteiger partial charge in [-0.15, -0.1) is 0 Å². The Kier molecular flexibility index (Phi) is 8.26. The van der Waals surface area contributed by atoms with E-state index in [1.807, 2.05) is 13.8 Å². The third kappa shape index (κ3) is 6.85. The Bertz CT molecular complexity index is 1260. The van der Waals surface area contributed by atoms with Crippen LogP contribution in [0.5, 0.6) is 11.6 Å². The molecule has 2 aromatic carbocycles. The lowest BCUT2D eigenvalue weighted by atomic mass is 10.1. The van der Waals surface area contributed by atoms with Crippen molar-refractivity contribution in [2.24, 2.45) is 0 Å². The van der Waals surface area contributed by atoms with Crippen molar-refractivity contribution in [1.82, 2.24) is 14.9 Å². The minimum Gasteiger partial charge on any atom is -0.438 e. The summed E-state index contributed by atoms with van der Waals surface area (Å²) in [6.07, 6.45) is 3.34. The molecule has 36 heavy (non-hydrogen) atoms. The van der Waals surface area contributed by atoms with Crippen LogP contribution in [-0.4, -0.2) is 46.5 Å². The molecule has 0 atom stereocenters. The number of aryl methyl sites for hydroxylation is 2. The summed E-state index contributed by atoms with van der Waals surface area (Å²) >= 11 is 12.0. The van der Waals surface area contributed by atoms with Crippen LogP contribution in [0.4, 0.5) is 11.6 Å². The standard InChI is InChI=1S/C26H26Cl2N6O2/c1-16-9-18(14-29)10-17(2)25(16)36-24-3-6-30-26(33-24)32-21-4-7-34(8-5-21)15-23(35)31-22-12-19(27)11-20(28)13-22/h3,6,9-13,21H,4-5,7-8,15H2,1-2H3,(H,31,35)(H,30,32,33). The molecule has 0 radical (unpaired) electrons. The van der Waals surface area contributed by atoms with Crippen molar-refractivity contribution in [3.63, 3.8) is 0 Å². The topological polar surface area (TPSA) is 103 Å². The number of nitrogens with one attached hydrogen (secondary N) is 2.